The minimum absolute atomic E-state index is 0.282. The zero-order chi connectivity index (χ0) is 14.1. The number of thiophene rings is 1. The van der Waals surface area contributed by atoms with Crippen LogP contribution in [0, 0.1) is 11.8 Å². The number of hydrogen-bond acceptors (Lipinski definition) is 4. The SMILES string of the molecule is CCCCN(CC(N)=O)Cc1ccc(C#CCN)s1. The molecular weight excluding hydrogens is 258 g/mol. The molecule has 0 atom stereocenters. The van der Waals surface area contributed by atoms with Crippen molar-refractivity contribution in [2.24, 2.45) is 11.5 Å². The molecule has 4 N–H and O–H groups in total. The first-order valence-corrected chi connectivity index (χ1v) is 7.25. The van der Waals surface area contributed by atoms with Crippen molar-refractivity contribution in [2.45, 2.75) is 26.3 Å². The van der Waals surface area contributed by atoms with E-state index in [1.54, 1.807) is 11.3 Å². The summed E-state index contributed by atoms with van der Waals surface area (Å²) in [6.45, 7) is 4.45. The standard InChI is InChI=1S/C14H21N3OS/c1-2-3-9-17(11-14(16)18)10-13-7-6-12(19-13)5-4-8-15/h6-7H,2-3,8-11,15H2,1H3,(H2,16,18). The third kappa shape index (κ3) is 6.39. The van der Waals surface area contributed by atoms with Crippen molar-refractivity contribution in [3.8, 4) is 11.8 Å². The van der Waals surface area contributed by atoms with E-state index in [2.05, 4.69) is 23.7 Å². The first kappa shape index (κ1) is 15.7. The second kappa shape index (κ2) is 8.70. The number of rotatable bonds is 7. The van der Waals surface area contributed by atoms with Gasteiger partial charge in [-0.1, -0.05) is 25.2 Å². The smallest absolute Gasteiger partial charge is 0.231 e. The average Bonchev–Trinajstić information content (AvgIpc) is 2.80. The van der Waals surface area contributed by atoms with Crippen LogP contribution in [0.2, 0.25) is 0 Å². The lowest BCUT2D eigenvalue weighted by atomic mass is 10.3. The Balaban J connectivity index is 2.61. The van der Waals surface area contributed by atoms with E-state index in [9.17, 15) is 4.79 Å². The minimum atomic E-state index is -0.282. The molecule has 0 radical (unpaired) electrons. The molecule has 1 aromatic heterocycles. The average molecular weight is 279 g/mol. The van der Waals surface area contributed by atoms with E-state index >= 15 is 0 Å². The molecule has 5 heteroatoms. The Morgan fingerprint density at radius 1 is 1.47 bits per heavy atom. The van der Waals surface area contributed by atoms with Crippen LogP contribution in [-0.2, 0) is 11.3 Å². The quantitative estimate of drug-likeness (QED) is 0.735. The summed E-state index contributed by atoms with van der Waals surface area (Å²) in [7, 11) is 0. The maximum Gasteiger partial charge on any atom is 0.231 e. The van der Waals surface area contributed by atoms with Crippen molar-refractivity contribution >= 4 is 17.2 Å². The Labute approximate surface area is 118 Å². The Kier molecular flexibility index (Phi) is 7.19. The number of nitrogens with two attached hydrogens (primary N) is 2. The van der Waals surface area contributed by atoms with Crippen LogP contribution in [0.25, 0.3) is 0 Å². The molecule has 0 aliphatic heterocycles. The molecular formula is C14H21N3OS. The van der Waals surface area contributed by atoms with Gasteiger partial charge < -0.3 is 11.5 Å². The predicted octanol–water partition coefficient (Wildman–Crippen LogP) is 1.15. The molecule has 0 saturated heterocycles. The van der Waals surface area contributed by atoms with Gasteiger partial charge in [-0.05, 0) is 25.1 Å². The summed E-state index contributed by atoms with van der Waals surface area (Å²) in [4.78, 5) is 15.3. The highest BCUT2D eigenvalue weighted by atomic mass is 32.1. The van der Waals surface area contributed by atoms with Crippen LogP contribution in [0.1, 0.15) is 29.5 Å². The van der Waals surface area contributed by atoms with Gasteiger partial charge in [-0.2, -0.15) is 0 Å². The van der Waals surface area contributed by atoms with Crippen LogP contribution in [0.15, 0.2) is 12.1 Å². The molecule has 0 aromatic carbocycles. The Bertz CT molecular complexity index is 459. The van der Waals surface area contributed by atoms with E-state index in [1.807, 2.05) is 12.1 Å². The lowest BCUT2D eigenvalue weighted by molar-refractivity contribution is -0.119. The highest BCUT2D eigenvalue weighted by Crippen LogP contribution is 2.17. The van der Waals surface area contributed by atoms with Crippen LogP contribution in [0.3, 0.4) is 0 Å². The van der Waals surface area contributed by atoms with Crippen LogP contribution in [-0.4, -0.2) is 30.4 Å². The third-order valence-corrected chi connectivity index (χ3v) is 3.55. The summed E-state index contributed by atoms with van der Waals surface area (Å²) in [5.74, 6) is 5.57. The van der Waals surface area contributed by atoms with Crippen molar-refractivity contribution in [1.29, 1.82) is 0 Å². The lowest BCUT2D eigenvalue weighted by Crippen LogP contribution is -2.33. The van der Waals surface area contributed by atoms with Gasteiger partial charge in [0.2, 0.25) is 5.91 Å². The molecule has 1 heterocycles. The first-order chi connectivity index (χ1) is 9.15. The molecule has 0 spiro atoms. The van der Waals surface area contributed by atoms with Gasteiger partial charge in [-0.3, -0.25) is 9.69 Å². The molecule has 19 heavy (non-hydrogen) atoms. The van der Waals surface area contributed by atoms with E-state index in [0.717, 1.165) is 30.8 Å². The number of primary amides is 1. The fourth-order valence-electron chi connectivity index (χ4n) is 1.70. The molecule has 0 aliphatic rings. The molecule has 1 amide bonds. The normalized spacial score (nSPS) is 10.3. The van der Waals surface area contributed by atoms with E-state index in [-0.39, 0.29) is 5.91 Å². The van der Waals surface area contributed by atoms with E-state index in [0.29, 0.717) is 13.1 Å². The molecule has 0 saturated carbocycles. The zero-order valence-electron chi connectivity index (χ0n) is 11.3. The van der Waals surface area contributed by atoms with Crippen LogP contribution >= 0.6 is 11.3 Å². The van der Waals surface area contributed by atoms with Gasteiger partial charge in [0.1, 0.15) is 0 Å². The maximum atomic E-state index is 11.1. The summed E-state index contributed by atoms with van der Waals surface area (Å²) < 4.78 is 0. The lowest BCUT2D eigenvalue weighted by Gasteiger charge is -2.19. The first-order valence-electron chi connectivity index (χ1n) is 6.44. The molecule has 0 bridgehead atoms. The summed E-state index contributed by atoms with van der Waals surface area (Å²) in [6.07, 6.45) is 2.17. The molecule has 1 aromatic rings. The van der Waals surface area contributed by atoms with Gasteiger partial charge in [0.15, 0.2) is 0 Å². The Morgan fingerprint density at radius 3 is 2.89 bits per heavy atom. The number of hydrogen-bond donors (Lipinski definition) is 2. The molecule has 0 aliphatic carbocycles. The molecule has 104 valence electrons. The van der Waals surface area contributed by atoms with Crippen molar-refractivity contribution in [2.75, 3.05) is 19.6 Å². The molecule has 0 fully saturated rings. The highest BCUT2D eigenvalue weighted by molar-refractivity contribution is 7.12. The molecule has 4 nitrogen and oxygen atoms in total. The summed E-state index contributed by atoms with van der Waals surface area (Å²) in [5.41, 5.74) is 10.6. The fourth-order valence-corrected chi connectivity index (χ4v) is 2.63. The van der Waals surface area contributed by atoms with E-state index < -0.39 is 0 Å². The zero-order valence-corrected chi connectivity index (χ0v) is 12.1. The van der Waals surface area contributed by atoms with Crippen molar-refractivity contribution in [3.63, 3.8) is 0 Å². The highest BCUT2D eigenvalue weighted by Gasteiger charge is 2.10. The Morgan fingerprint density at radius 2 is 2.26 bits per heavy atom. The number of carbonyl (C=O) groups excluding carboxylic acids is 1. The second-order valence-corrected chi connectivity index (χ2v) is 5.47. The second-order valence-electron chi connectivity index (χ2n) is 4.30. The van der Waals surface area contributed by atoms with Crippen LogP contribution in [0.5, 0.6) is 0 Å². The van der Waals surface area contributed by atoms with Gasteiger partial charge in [0, 0.05) is 11.4 Å². The Hall–Kier alpha value is -1.35. The number of nitrogens with zero attached hydrogens (tertiary/aromatic N) is 1. The largest absolute Gasteiger partial charge is 0.369 e. The summed E-state index contributed by atoms with van der Waals surface area (Å²) in [6, 6.07) is 4.04. The topological polar surface area (TPSA) is 72.3 Å². The minimum Gasteiger partial charge on any atom is -0.369 e. The van der Waals surface area contributed by atoms with Gasteiger partial charge >= 0.3 is 0 Å². The van der Waals surface area contributed by atoms with Gasteiger partial charge in [0.05, 0.1) is 18.0 Å². The molecule has 0 unspecified atom stereocenters. The molecule has 1 rings (SSSR count). The fraction of sp³-hybridized carbons (Fsp3) is 0.500. The van der Waals surface area contributed by atoms with E-state index in [4.69, 9.17) is 11.5 Å². The summed E-state index contributed by atoms with van der Waals surface area (Å²) in [5, 5.41) is 0. The third-order valence-electron chi connectivity index (χ3n) is 2.56. The van der Waals surface area contributed by atoms with Crippen LogP contribution < -0.4 is 11.5 Å². The number of carbonyl (C=O) groups is 1. The van der Waals surface area contributed by atoms with Crippen molar-refractivity contribution in [1.82, 2.24) is 4.90 Å². The van der Waals surface area contributed by atoms with Gasteiger partial charge in [0.25, 0.3) is 0 Å². The van der Waals surface area contributed by atoms with Gasteiger partial charge in [-0.15, -0.1) is 11.3 Å². The van der Waals surface area contributed by atoms with E-state index in [1.165, 1.54) is 4.88 Å². The van der Waals surface area contributed by atoms with Crippen LogP contribution in [0.4, 0.5) is 0 Å². The monoisotopic (exact) mass is 279 g/mol. The summed E-state index contributed by atoms with van der Waals surface area (Å²) >= 11 is 1.64. The van der Waals surface area contributed by atoms with Crippen molar-refractivity contribution < 1.29 is 4.79 Å². The number of amides is 1. The number of unbranched alkanes of at least 4 members (excludes halogenated alkanes) is 1. The van der Waals surface area contributed by atoms with Crippen molar-refractivity contribution in [3.05, 3.63) is 21.9 Å². The maximum absolute atomic E-state index is 11.1. The predicted molar refractivity (Wildman–Crippen MR) is 79.6 cm³/mol. The van der Waals surface area contributed by atoms with Gasteiger partial charge in [-0.25, -0.2) is 0 Å².